The average Bonchev–Trinajstić information content (AvgIpc) is 2.45. The maximum atomic E-state index is 5.09. The SMILES string of the molecule is COCCNCC(C)(CCSc1ccccc1)C(C)C. The van der Waals surface area contributed by atoms with E-state index in [0.29, 0.717) is 11.3 Å². The van der Waals surface area contributed by atoms with Gasteiger partial charge < -0.3 is 10.1 Å². The van der Waals surface area contributed by atoms with Crippen LogP contribution in [0.5, 0.6) is 0 Å². The molecule has 1 rings (SSSR count). The van der Waals surface area contributed by atoms with Crippen LogP contribution < -0.4 is 5.32 Å². The van der Waals surface area contributed by atoms with E-state index in [1.54, 1.807) is 7.11 Å². The maximum absolute atomic E-state index is 5.09. The average molecular weight is 295 g/mol. The van der Waals surface area contributed by atoms with Gasteiger partial charge in [0.25, 0.3) is 0 Å². The standard InChI is InChI=1S/C17H29NOS/c1-15(2)17(3,14-18-11-12-19-4)10-13-20-16-8-6-5-7-9-16/h5-9,15,18H,10-14H2,1-4H3. The van der Waals surface area contributed by atoms with Gasteiger partial charge in [-0.05, 0) is 35.6 Å². The minimum absolute atomic E-state index is 0.343. The molecule has 1 unspecified atom stereocenters. The highest BCUT2D eigenvalue weighted by atomic mass is 32.2. The van der Waals surface area contributed by atoms with Crippen molar-refractivity contribution in [2.45, 2.75) is 32.1 Å². The Balaban J connectivity index is 2.37. The molecule has 3 heteroatoms. The summed E-state index contributed by atoms with van der Waals surface area (Å²) in [5.74, 6) is 1.85. The molecule has 0 aliphatic rings. The van der Waals surface area contributed by atoms with Gasteiger partial charge in [-0.1, -0.05) is 39.0 Å². The summed E-state index contributed by atoms with van der Waals surface area (Å²) in [4.78, 5) is 1.37. The number of hydrogen-bond donors (Lipinski definition) is 1. The molecular formula is C17H29NOS. The van der Waals surface area contributed by atoms with Gasteiger partial charge in [-0.2, -0.15) is 0 Å². The van der Waals surface area contributed by atoms with Gasteiger partial charge in [-0.25, -0.2) is 0 Å². The number of rotatable bonds is 10. The molecule has 0 saturated carbocycles. The van der Waals surface area contributed by atoms with Crippen LogP contribution in [0.15, 0.2) is 35.2 Å². The summed E-state index contributed by atoms with van der Waals surface area (Å²) in [6, 6.07) is 10.7. The Morgan fingerprint density at radius 1 is 1.25 bits per heavy atom. The second-order valence-corrected chi connectivity index (χ2v) is 7.06. The zero-order valence-electron chi connectivity index (χ0n) is 13.3. The molecule has 20 heavy (non-hydrogen) atoms. The first-order valence-electron chi connectivity index (χ1n) is 7.46. The van der Waals surface area contributed by atoms with E-state index in [-0.39, 0.29) is 0 Å². The van der Waals surface area contributed by atoms with Crippen LogP contribution in [0.2, 0.25) is 0 Å². The summed E-state index contributed by atoms with van der Waals surface area (Å²) < 4.78 is 5.09. The van der Waals surface area contributed by atoms with Gasteiger partial charge in [0.1, 0.15) is 0 Å². The maximum Gasteiger partial charge on any atom is 0.0587 e. The Kier molecular flexibility index (Phi) is 8.27. The zero-order chi connectivity index (χ0) is 14.8. The molecule has 2 nitrogen and oxygen atoms in total. The van der Waals surface area contributed by atoms with E-state index >= 15 is 0 Å². The molecule has 114 valence electrons. The first-order valence-corrected chi connectivity index (χ1v) is 8.44. The van der Waals surface area contributed by atoms with Crippen LogP contribution in [-0.2, 0) is 4.74 Å². The first-order chi connectivity index (χ1) is 9.58. The summed E-state index contributed by atoms with van der Waals surface area (Å²) in [5.41, 5.74) is 0.343. The van der Waals surface area contributed by atoms with Gasteiger partial charge in [0.15, 0.2) is 0 Å². The van der Waals surface area contributed by atoms with E-state index in [1.165, 1.54) is 17.1 Å². The topological polar surface area (TPSA) is 21.3 Å². The number of methoxy groups -OCH3 is 1. The smallest absolute Gasteiger partial charge is 0.0587 e. The summed E-state index contributed by atoms with van der Waals surface area (Å²) in [6.45, 7) is 9.82. The summed E-state index contributed by atoms with van der Waals surface area (Å²) in [6.07, 6.45) is 1.23. The molecule has 0 amide bonds. The molecule has 0 radical (unpaired) electrons. The van der Waals surface area contributed by atoms with Crippen molar-refractivity contribution in [3.63, 3.8) is 0 Å². The van der Waals surface area contributed by atoms with Crippen molar-refractivity contribution in [2.75, 3.05) is 32.6 Å². The van der Waals surface area contributed by atoms with Crippen molar-refractivity contribution in [3.8, 4) is 0 Å². The highest BCUT2D eigenvalue weighted by Gasteiger charge is 2.27. The van der Waals surface area contributed by atoms with Gasteiger partial charge in [-0.3, -0.25) is 0 Å². The van der Waals surface area contributed by atoms with Crippen LogP contribution in [0.3, 0.4) is 0 Å². The number of ether oxygens (including phenoxy) is 1. The highest BCUT2D eigenvalue weighted by molar-refractivity contribution is 7.99. The minimum atomic E-state index is 0.343. The quantitative estimate of drug-likeness (QED) is 0.519. The van der Waals surface area contributed by atoms with Crippen molar-refractivity contribution in [1.29, 1.82) is 0 Å². The van der Waals surface area contributed by atoms with Crippen molar-refractivity contribution in [1.82, 2.24) is 5.32 Å². The van der Waals surface area contributed by atoms with Gasteiger partial charge >= 0.3 is 0 Å². The van der Waals surface area contributed by atoms with E-state index in [9.17, 15) is 0 Å². The molecule has 1 atom stereocenters. The second kappa shape index (κ2) is 9.43. The van der Waals surface area contributed by atoms with Crippen LogP contribution in [0.4, 0.5) is 0 Å². The summed E-state index contributed by atoms with van der Waals surface area (Å²) >= 11 is 1.96. The molecule has 0 fully saturated rings. The number of benzene rings is 1. The lowest BCUT2D eigenvalue weighted by atomic mass is 9.77. The molecular weight excluding hydrogens is 266 g/mol. The molecule has 1 aromatic carbocycles. The van der Waals surface area contributed by atoms with Crippen LogP contribution in [0.25, 0.3) is 0 Å². The van der Waals surface area contributed by atoms with Crippen LogP contribution in [-0.4, -0.2) is 32.6 Å². The second-order valence-electron chi connectivity index (χ2n) is 5.89. The summed E-state index contributed by atoms with van der Waals surface area (Å²) in [5, 5.41) is 3.52. The zero-order valence-corrected chi connectivity index (χ0v) is 14.1. The van der Waals surface area contributed by atoms with Gasteiger partial charge in [0, 0.05) is 25.1 Å². The van der Waals surface area contributed by atoms with Crippen molar-refractivity contribution >= 4 is 11.8 Å². The predicted octanol–water partition coefficient (Wildman–Crippen LogP) is 4.07. The predicted molar refractivity (Wildman–Crippen MR) is 89.5 cm³/mol. The van der Waals surface area contributed by atoms with Gasteiger partial charge in [-0.15, -0.1) is 11.8 Å². The normalized spacial score (nSPS) is 14.4. The van der Waals surface area contributed by atoms with E-state index < -0.39 is 0 Å². The molecule has 1 aromatic rings. The molecule has 0 aliphatic carbocycles. The van der Waals surface area contributed by atoms with E-state index in [0.717, 1.165) is 19.7 Å². The molecule has 0 saturated heterocycles. The lowest BCUT2D eigenvalue weighted by molar-refractivity contribution is 0.173. The molecule has 0 spiro atoms. The summed E-state index contributed by atoms with van der Waals surface area (Å²) in [7, 11) is 1.75. The Morgan fingerprint density at radius 2 is 1.95 bits per heavy atom. The Morgan fingerprint density at radius 3 is 2.55 bits per heavy atom. The number of nitrogens with one attached hydrogen (secondary N) is 1. The van der Waals surface area contributed by atoms with E-state index in [1.807, 2.05) is 11.8 Å². The van der Waals surface area contributed by atoms with Crippen molar-refractivity contribution in [3.05, 3.63) is 30.3 Å². The Bertz CT molecular complexity index is 355. The Hall–Kier alpha value is -0.510. The fourth-order valence-corrected chi connectivity index (χ4v) is 3.20. The third-order valence-corrected chi connectivity index (χ3v) is 5.10. The monoisotopic (exact) mass is 295 g/mol. The van der Waals surface area contributed by atoms with Crippen LogP contribution in [0.1, 0.15) is 27.2 Å². The number of hydrogen-bond acceptors (Lipinski definition) is 3. The van der Waals surface area contributed by atoms with Crippen LogP contribution >= 0.6 is 11.8 Å². The minimum Gasteiger partial charge on any atom is -0.383 e. The van der Waals surface area contributed by atoms with Crippen LogP contribution in [0, 0.1) is 11.3 Å². The van der Waals surface area contributed by atoms with E-state index in [2.05, 4.69) is 56.4 Å². The lowest BCUT2D eigenvalue weighted by Crippen LogP contribution is -2.37. The van der Waals surface area contributed by atoms with Gasteiger partial charge in [0.05, 0.1) is 6.61 Å². The molecule has 0 aromatic heterocycles. The van der Waals surface area contributed by atoms with E-state index in [4.69, 9.17) is 4.74 Å². The third kappa shape index (κ3) is 6.29. The van der Waals surface area contributed by atoms with Crippen molar-refractivity contribution in [2.24, 2.45) is 11.3 Å². The van der Waals surface area contributed by atoms with Crippen molar-refractivity contribution < 1.29 is 4.74 Å². The van der Waals surface area contributed by atoms with Gasteiger partial charge in [0.2, 0.25) is 0 Å². The third-order valence-electron chi connectivity index (χ3n) is 4.09. The molecule has 0 heterocycles. The fraction of sp³-hybridized carbons (Fsp3) is 0.647. The molecule has 0 aliphatic heterocycles. The lowest BCUT2D eigenvalue weighted by Gasteiger charge is -2.34. The molecule has 0 bridgehead atoms. The highest BCUT2D eigenvalue weighted by Crippen LogP contribution is 2.33. The Labute approximate surface area is 128 Å². The fourth-order valence-electron chi connectivity index (χ4n) is 2.05. The molecule has 1 N–H and O–H groups in total. The first kappa shape index (κ1) is 17.5. The largest absolute Gasteiger partial charge is 0.383 e. The number of thioether (sulfide) groups is 1.